The maximum absolute atomic E-state index is 11.5. The molecular weight excluding hydrogens is 272 g/mol. The number of hydrogen-bond donors (Lipinski definition) is 2. The molecule has 2 heterocycles. The summed E-state index contributed by atoms with van der Waals surface area (Å²) in [7, 11) is 0. The molecule has 7 heteroatoms. The Hall–Kier alpha value is -2.15. The summed E-state index contributed by atoms with van der Waals surface area (Å²) in [6.07, 6.45) is 1.13. The number of nitro groups is 1. The lowest BCUT2D eigenvalue weighted by atomic mass is 10.1. The molecule has 3 rings (SSSR count). The Morgan fingerprint density at radius 1 is 1.43 bits per heavy atom. The number of carbonyl (C=O) groups is 1. The van der Waals surface area contributed by atoms with Gasteiger partial charge in [-0.1, -0.05) is 6.92 Å². The fourth-order valence-corrected chi connectivity index (χ4v) is 2.86. The van der Waals surface area contributed by atoms with Gasteiger partial charge in [-0.2, -0.15) is 0 Å². The number of fused-ring (bicyclic) bond motifs is 1. The Balaban J connectivity index is 2.04. The van der Waals surface area contributed by atoms with Crippen molar-refractivity contribution in [1.29, 1.82) is 0 Å². The summed E-state index contributed by atoms with van der Waals surface area (Å²) in [6, 6.07) is 3.57. The van der Waals surface area contributed by atoms with Crippen molar-refractivity contribution in [2.75, 3.05) is 29.9 Å². The average molecular weight is 290 g/mol. The van der Waals surface area contributed by atoms with E-state index in [0.717, 1.165) is 26.1 Å². The zero-order valence-corrected chi connectivity index (χ0v) is 11.9. The van der Waals surface area contributed by atoms with Crippen LogP contribution in [0.1, 0.15) is 18.9 Å². The second kappa shape index (κ2) is 5.33. The Morgan fingerprint density at radius 2 is 2.19 bits per heavy atom. The molecule has 1 fully saturated rings. The van der Waals surface area contributed by atoms with Gasteiger partial charge in [0.15, 0.2) is 0 Å². The Kier molecular flexibility index (Phi) is 3.50. The molecule has 2 aliphatic rings. The van der Waals surface area contributed by atoms with Crippen LogP contribution in [0.5, 0.6) is 0 Å². The smallest absolute Gasteiger partial charge is 0.292 e. The summed E-state index contributed by atoms with van der Waals surface area (Å²) < 4.78 is 0. The zero-order chi connectivity index (χ0) is 15.0. The zero-order valence-electron chi connectivity index (χ0n) is 11.9. The molecule has 0 aromatic heterocycles. The minimum absolute atomic E-state index is 0.0885. The van der Waals surface area contributed by atoms with Gasteiger partial charge in [-0.15, -0.1) is 0 Å². The first-order valence-corrected chi connectivity index (χ1v) is 7.18. The summed E-state index contributed by atoms with van der Waals surface area (Å²) in [6.45, 7) is 4.49. The highest BCUT2D eigenvalue weighted by Crippen LogP contribution is 2.38. The molecule has 2 N–H and O–H groups in total. The van der Waals surface area contributed by atoms with E-state index in [2.05, 4.69) is 22.5 Å². The van der Waals surface area contributed by atoms with Crippen LogP contribution in [0.3, 0.4) is 0 Å². The molecule has 1 saturated heterocycles. The Morgan fingerprint density at radius 3 is 2.76 bits per heavy atom. The van der Waals surface area contributed by atoms with Crippen LogP contribution in [-0.4, -0.2) is 36.5 Å². The van der Waals surface area contributed by atoms with Crippen molar-refractivity contribution < 1.29 is 9.72 Å². The Labute approximate surface area is 122 Å². The fraction of sp³-hybridized carbons (Fsp3) is 0.500. The number of hydrogen-bond acceptors (Lipinski definition) is 5. The predicted octanol–water partition coefficient (Wildman–Crippen LogP) is 1.28. The van der Waals surface area contributed by atoms with E-state index < -0.39 is 0 Å². The second-order valence-electron chi connectivity index (χ2n) is 5.49. The van der Waals surface area contributed by atoms with Crippen LogP contribution in [0, 0.1) is 10.1 Å². The lowest BCUT2D eigenvalue weighted by Crippen LogP contribution is -2.57. The van der Waals surface area contributed by atoms with Gasteiger partial charge in [0.2, 0.25) is 5.91 Å². The highest BCUT2D eigenvalue weighted by molar-refractivity contribution is 6.00. The van der Waals surface area contributed by atoms with Gasteiger partial charge < -0.3 is 15.5 Å². The summed E-state index contributed by atoms with van der Waals surface area (Å²) in [4.78, 5) is 24.6. The quantitative estimate of drug-likeness (QED) is 0.630. The molecule has 1 amide bonds. The number of nitrogens with zero attached hydrogens (tertiary/aromatic N) is 2. The van der Waals surface area contributed by atoms with Crippen molar-refractivity contribution in [3.05, 3.63) is 27.8 Å². The van der Waals surface area contributed by atoms with Crippen molar-refractivity contribution in [2.24, 2.45) is 0 Å². The van der Waals surface area contributed by atoms with E-state index in [1.807, 2.05) is 0 Å². The second-order valence-corrected chi connectivity index (χ2v) is 5.49. The first kappa shape index (κ1) is 13.8. The molecule has 1 aromatic rings. The SMILES string of the molecule is CCCN(c1cc2c(cc1[N+](=O)[O-])CC(=O)N2)C1CNC1. The summed E-state index contributed by atoms with van der Waals surface area (Å²) >= 11 is 0. The molecule has 0 spiro atoms. The molecule has 0 unspecified atom stereocenters. The van der Waals surface area contributed by atoms with Crippen molar-refractivity contribution >= 4 is 23.0 Å². The van der Waals surface area contributed by atoms with Gasteiger partial charge in [0.1, 0.15) is 5.69 Å². The summed E-state index contributed by atoms with van der Waals surface area (Å²) in [5.41, 5.74) is 2.10. The van der Waals surface area contributed by atoms with Gasteiger partial charge >= 0.3 is 0 Å². The van der Waals surface area contributed by atoms with Crippen LogP contribution in [0.4, 0.5) is 17.1 Å². The molecule has 0 radical (unpaired) electrons. The van der Waals surface area contributed by atoms with Crippen LogP contribution in [0.25, 0.3) is 0 Å². The van der Waals surface area contributed by atoms with E-state index in [1.165, 1.54) is 6.07 Å². The van der Waals surface area contributed by atoms with E-state index >= 15 is 0 Å². The molecule has 21 heavy (non-hydrogen) atoms. The van der Waals surface area contributed by atoms with Gasteiger partial charge in [0.25, 0.3) is 5.69 Å². The third kappa shape index (κ3) is 2.44. The number of amides is 1. The molecule has 1 aromatic carbocycles. The van der Waals surface area contributed by atoms with Gasteiger partial charge in [-0.3, -0.25) is 14.9 Å². The van der Waals surface area contributed by atoms with E-state index in [9.17, 15) is 14.9 Å². The minimum Gasteiger partial charge on any atom is -0.360 e. The van der Waals surface area contributed by atoms with Crippen LogP contribution in [0.15, 0.2) is 12.1 Å². The van der Waals surface area contributed by atoms with Crippen LogP contribution >= 0.6 is 0 Å². The van der Waals surface area contributed by atoms with Gasteiger partial charge in [-0.05, 0) is 18.1 Å². The standard InChI is InChI=1S/C14H18N4O3/c1-2-3-17(10-7-15-8-10)12-6-11-9(5-14(19)16-11)4-13(12)18(20)21/h4,6,10,15H,2-3,5,7-8H2,1H3,(H,16,19). The topological polar surface area (TPSA) is 87.5 Å². The highest BCUT2D eigenvalue weighted by Gasteiger charge is 2.32. The van der Waals surface area contributed by atoms with Crippen LogP contribution in [-0.2, 0) is 11.2 Å². The van der Waals surface area contributed by atoms with Crippen molar-refractivity contribution in [3.63, 3.8) is 0 Å². The van der Waals surface area contributed by atoms with Crippen LogP contribution in [0.2, 0.25) is 0 Å². The lowest BCUT2D eigenvalue weighted by molar-refractivity contribution is -0.384. The number of rotatable bonds is 5. The van der Waals surface area contributed by atoms with Crippen molar-refractivity contribution in [3.8, 4) is 0 Å². The normalized spacial score (nSPS) is 17.1. The molecule has 7 nitrogen and oxygen atoms in total. The first-order valence-electron chi connectivity index (χ1n) is 7.18. The Bertz CT molecular complexity index is 598. The number of benzene rings is 1. The van der Waals surface area contributed by atoms with Crippen LogP contribution < -0.4 is 15.5 Å². The van der Waals surface area contributed by atoms with E-state index in [-0.39, 0.29) is 29.0 Å². The molecule has 2 aliphatic heterocycles. The van der Waals surface area contributed by atoms with E-state index in [1.54, 1.807) is 6.07 Å². The average Bonchev–Trinajstić information content (AvgIpc) is 2.73. The van der Waals surface area contributed by atoms with E-state index in [4.69, 9.17) is 0 Å². The third-order valence-electron chi connectivity index (χ3n) is 4.00. The van der Waals surface area contributed by atoms with Gasteiger partial charge in [-0.25, -0.2) is 0 Å². The summed E-state index contributed by atoms with van der Waals surface area (Å²) in [5.74, 6) is -0.108. The fourth-order valence-electron chi connectivity index (χ4n) is 2.86. The van der Waals surface area contributed by atoms with Gasteiger partial charge in [0.05, 0.1) is 17.4 Å². The third-order valence-corrected chi connectivity index (χ3v) is 4.00. The maximum Gasteiger partial charge on any atom is 0.292 e. The molecule has 0 atom stereocenters. The highest BCUT2D eigenvalue weighted by atomic mass is 16.6. The van der Waals surface area contributed by atoms with Crippen molar-refractivity contribution in [1.82, 2.24) is 5.32 Å². The molecule has 0 bridgehead atoms. The monoisotopic (exact) mass is 290 g/mol. The maximum atomic E-state index is 11.5. The lowest BCUT2D eigenvalue weighted by Gasteiger charge is -2.39. The van der Waals surface area contributed by atoms with E-state index in [0.29, 0.717) is 16.9 Å². The summed E-state index contributed by atoms with van der Waals surface area (Å²) in [5, 5.41) is 17.4. The molecule has 0 aliphatic carbocycles. The predicted molar refractivity (Wildman–Crippen MR) is 79.7 cm³/mol. The number of nitrogens with one attached hydrogen (secondary N) is 2. The molecular formula is C14H18N4O3. The number of anilines is 2. The molecule has 0 saturated carbocycles. The first-order chi connectivity index (χ1) is 10.1. The number of carbonyl (C=O) groups excluding carboxylic acids is 1. The molecule has 112 valence electrons. The number of nitro benzene ring substituents is 1. The van der Waals surface area contributed by atoms with Gasteiger partial charge in [0, 0.05) is 31.4 Å². The largest absolute Gasteiger partial charge is 0.360 e. The minimum atomic E-state index is -0.354. The van der Waals surface area contributed by atoms with Crippen molar-refractivity contribution in [2.45, 2.75) is 25.8 Å².